The summed E-state index contributed by atoms with van der Waals surface area (Å²) in [7, 11) is 4.44. The molecule has 0 bridgehead atoms. The van der Waals surface area contributed by atoms with Crippen molar-refractivity contribution in [3.05, 3.63) is 96.9 Å². The molecule has 0 fully saturated rings. The maximum atomic E-state index is 13.6. The van der Waals surface area contributed by atoms with Gasteiger partial charge in [-0.15, -0.1) is 11.3 Å². The summed E-state index contributed by atoms with van der Waals surface area (Å²) in [4.78, 5) is 26.9. The first kappa shape index (κ1) is 26.5. The number of ether oxygens (including phenoxy) is 3. The fourth-order valence-electron chi connectivity index (χ4n) is 3.76. The van der Waals surface area contributed by atoms with Gasteiger partial charge in [0.1, 0.15) is 16.5 Å². The Morgan fingerprint density at radius 3 is 2.34 bits per heavy atom. The molecule has 1 aromatic heterocycles. The number of halogens is 1. The molecule has 4 aromatic rings. The van der Waals surface area contributed by atoms with E-state index in [9.17, 15) is 14.9 Å². The van der Waals surface area contributed by atoms with E-state index in [4.69, 9.17) is 25.8 Å². The molecule has 38 heavy (non-hydrogen) atoms. The minimum Gasteiger partial charge on any atom is -0.495 e. The Bertz CT molecular complexity index is 1720. The fourth-order valence-corrected chi connectivity index (χ4v) is 5.16. The monoisotopic (exact) mass is 547 g/mol. The highest BCUT2D eigenvalue weighted by Crippen LogP contribution is 2.36. The minimum atomic E-state index is -0.677. The first-order valence-electron chi connectivity index (χ1n) is 11.2. The van der Waals surface area contributed by atoms with Crippen LogP contribution in [0, 0.1) is 11.3 Å². The molecule has 3 aromatic carbocycles. The number of nitrogens with zero attached hydrogens (tertiary/aromatic N) is 2. The van der Waals surface area contributed by atoms with Crippen molar-refractivity contribution in [2.45, 2.75) is 0 Å². The van der Waals surface area contributed by atoms with E-state index in [2.05, 4.69) is 5.32 Å². The number of amides is 1. The summed E-state index contributed by atoms with van der Waals surface area (Å²) < 4.78 is 17.8. The highest BCUT2D eigenvalue weighted by atomic mass is 35.5. The van der Waals surface area contributed by atoms with Gasteiger partial charge in [-0.2, -0.15) is 5.26 Å². The van der Waals surface area contributed by atoms with E-state index in [1.165, 1.54) is 25.9 Å². The Balaban J connectivity index is 1.96. The van der Waals surface area contributed by atoms with Gasteiger partial charge in [0.05, 0.1) is 42.3 Å². The minimum absolute atomic E-state index is 0.175. The van der Waals surface area contributed by atoms with E-state index >= 15 is 0 Å². The van der Waals surface area contributed by atoms with Gasteiger partial charge < -0.3 is 19.5 Å². The lowest BCUT2D eigenvalue weighted by Crippen LogP contribution is -2.32. The van der Waals surface area contributed by atoms with E-state index in [-0.39, 0.29) is 14.8 Å². The second-order valence-corrected chi connectivity index (χ2v) is 9.21. The molecule has 0 radical (unpaired) electrons. The molecule has 0 unspecified atom stereocenters. The van der Waals surface area contributed by atoms with Crippen LogP contribution >= 0.6 is 22.9 Å². The predicted molar refractivity (Wildman–Crippen MR) is 148 cm³/mol. The van der Waals surface area contributed by atoms with Gasteiger partial charge in [-0.1, -0.05) is 41.9 Å². The van der Waals surface area contributed by atoms with Crippen molar-refractivity contribution in [1.82, 2.24) is 4.57 Å². The van der Waals surface area contributed by atoms with Gasteiger partial charge in [0.15, 0.2) is 17.1 Å². The molecule has 192 valence electrons. The number of methoxy groups -OCH3 is 3. The number of nitrogens with one attached hydrogen (secondary N) is 1. The van der Waals surface area contributed by atoms with Crippen LogP contribution in [0.25, 0.3) is 17.3 Å². The van der Waals surface area contributed by atoms with Gasteiger partial charge in [-0.05, 0) is 48.0 Å². The Kier molecular flexibility index (Phi) is 8.16. The van der Waals surface area contributed by atoms with Crippen molar-refractivity contribution in [1.29, 1.82) is 5.26 Å². The van der Waals surface area contributed by atoms with Crippen LogP contribution in [0.5, 0.6) is 17.2 Å². The molecule has 0 saturated carbocycles. The van der Waals surface area contributed by atoms with Crippen LogP contribution in [0.3, 0.4) is 0 Å². The van der Waals surface area contributed by atoms with Crippen LogP contribution in [-0.2, 0) is 4.79 Å². The van der Waals surface area contributed by atoms with Gasteiger partial charge in [0.2, 0.25) is 0 Å². The molecule has 1 amide bonds. The highest BCUT2D eigenvalue weighted by Gasteiger charge is 2.19. The molecule has 1 N–H and O–H groups in total. The largest absolute Gasteiger partial charge is 0.495 e. The number of anilines is 1. The average molecular weight is 548 g/mol. The number of nitriles is 1. The number of hydrogen-bond acceptors (Lipinski definition) is 7. The van der Waals surface area contributed by atoms with Crippen molar-refractivity contribution in [2.75, 3.05) is 26.6 Å². The number of rotatable bonds is 7. The van der Waals surface area contributed by atoms with Crippen LogP contribution in [0.4, 0.5) is 5.69 Å². The number of para-hydroxylation sites is 3. The molecule has 10 heteroatoms. The highest BCUT2D eigenvalue weighted by molar-refractivity contribution is 7.07. The van der Waals surface area contributed by atoms with Crippen LogP contribution in [0.1, 0.15) is 5.56 Å². The molecule has 0 saturated heterocycles. The second-order valence-electron chi connectivity index (χ2n) is 7.77. The third-order valence-corrected chi connectivity index (χ3v) is 6.87. The molecule has 8 nitrogen and oxygen atoms in total. The van der Waals surface area contributed by atoms with Gasteiger partial charge in [-0.3, -0.25) is 14.2 Å². The summed E-state index contributed by atoms with van der Waals surface area (Å²) in [6, 6.07) is 20.9. The lowest BCUT2D eigenvalue weighted by molar-refractivity contribution is -0.111. The zero-order valence-electron chi connectivity index (χ0n) is 20.7. The van der Waals surface area contributed by atoms with Crippen molar-refractivity contribution in [3.63, 3.8) is 0 Å². The van der Waals surface area contributed by atoms with E-state index in [1.54, 1.807) is 66.7 Å². The lowest BCUT2D eigenvalue weighted by atomic mass is 10.2. The van der Waals surface area contributed by atoms with Crippen LogP contribution in [0.15, 0.2) is 71.5 Å². The number of aromatic nitrogens is 1. The smallest absolute Gasteiger partial charge is 0.273 e. The van der Waals surface area contributed by atoms with Crippen molar-refractivity contribution < 1.29 is 19.0 Å². The summed E-state index contributed by atoms with van der Waals surface area (Å²) in [5.74, 6) is 0.521. The molecule has 0 aliphatic carbocycles. The van der Waals surface area contributed by atoms with Crippen molar-refractivity contribution in [2.24, 2.45) is 0 Å². The van der Waals surface area contributed by atoms with Gasteiger partial charge >= 0.3 is 0 Å². The first-order chi connectivity index (χ1) is 18.4. The number of carbonyl (C=O) groups excluding carboxylic acids is 1. The third kappa shape index (κ3) is 5.27. The number of benzene rings is 3. The normalized spacial score (nSPS) is 11.9. The van der Waals surface area contributed by atoms with Crippen LogP contribution < -0.4 is 34.3 Å². The van der Waals surface area contributed by atoms with Gasteiger partial charge in [-0.25, -0.2) is 0 Å². The molecule has 0 atom stereocenters. The van der Waals surface area contributed by atoms with Gasteiger partial charge in [0.25, 0.3) is 11.5 Å². The SMILES string of the molecule is COc1ccccc1NC(=O)/C(C#N)=c1\s/c(=C/c2cc(Cl)c(OC)c(OC)c2)c(=O)n1-c1ccccc1. The molecular weight excluding hydrogens is 526 g/mol. The number of thiazole rings is 1. The molecule has 0 spiro atoms. The lowest BCUT2D eigenvalue weighted by Gasteiger charge is -2.09. The van der Waals surface area contributed by atoms with E-state index < -0.39 is 11.5 Å². The second kappa shape index (κ2) is 11.7. The zero-order valence-corrected chi connectivity index (χ0v) is 22.2. The third-order valence-electron chi connectivity index (χ3n) is 5.50. The standard InChI is InChI=1S/C28H22ClN3O5S/c1-35-22-12-8-7-11-21(22)31-26(33)19(16-30)28-32(18-9-5-4-6-10-18)27(34)24(38-28)15-17-13-20(29)25(37-3)23(14-17)36-2/h4-15H,1-3H3,(H,31,33)/b24-15+,28-19-. The van der Waals surface area contributed by atoms with E-state index in [1.807, 2.05) is 12.1 Å². The van der Waals surface area contributed by atoms with Crippen LogP contribution in [0.2, 0.25) is 5.02 Å². The Labute approximate surface area is 227 Å². The van der Waals surface area contributed by atoms with Crippen molar-refractivity contribution >= 4 is 46.2 Å². The van der Waals surface area contributed by atoms with Crippen LogP contribution in [-0.4, -0.2) is 31.8 Å². The Hall–Kier alpha value is -4.52. The molecular formula is C28H22ClN3O5S. The van der Waals surface area contributed by atoms with E-state index in [0.29, 0.717) is 39.2 Å². The maximum absolute atomic E-state index is 13.6. The molecule has 4 rings (SSSR count). The molecule has 0 aliphatic heterocycles. The van der Waals surface area contributed by atoms with Crippen molar-refractivity contribution in [3.8, 4) is 29.0 Å². The average Bonchev–Trinajstić information content (AvgIpc) is 3.24. The fraction of sp³-hybridized carbons (Fsp3) is 0.107. The summed E-state index contributed by atoms with van der Waals surface area (Å²) in [6.45, 7) is 0. The molecule has 0 aliphatic rings. The first-order valence-corrected chi connectivity index (χ1v) is 12.4. The van der Waals surface area contributed by atoms with E-state index in [0.717, 1.165) is 11.3 Å². The Morgan fingerprint density at radius 1 is 1.00 bits per heavy atom. The quantitative estimate of drug-likeness (QED) is 0.378. The number of carbonyl (C=O) groups is 1. The predicted octanol–water partition coefficient (Wildman–Crippen LogP) is 3.72. The topological polar surface area (TPSA) is 103 Å². The van der Waals surface area contributed by atoms with Gasteiger partial charge in [0, 0.05) is 0 Å². The molecule has 1 heterocycles. The summed E-state index contributed by atoms with van der Waals surface area (Å²) >= 11 is 7.37. The summed E-state index contributed by atoms with van der Waals surface area (Å²) in [5.41, 5.74) is 0.845. The number of hydrogen-bond donors (Lipinski definition) is 1. The maximum Gasteiger partial charge on any atom is 0.273 e. The summed E-state index contributed by atoms with van der Waals surface area (Å²) in [6.07, 6.45) is 1.62. The summed E-state index contributed by atoms with van der Waals surface area (Å²) in [5, 5.41) is 13.0. The Morgan fingerprint density at radius 2 is 1.68 bits per heavy atom. The zero-order chi connectivity index (χ0) is 27.2.